The average Bonchev–Trinajstić information content (AvgIpc) is 3.39. The van der Waals surface area contributed by atoms with Gasteiger partial charge in [-0.25, -0.2) is 28.8 Å². The largest absolute Gasteiger partial charge is 0.506 e. The Kier molecular flexibility index (Phi) is 14.1. The molecule has 0 aromatic heterocycles. The van der Waals surface area contributed by atoms with Crippen molar-refractivity contribution in [3.8, 4) is 0 Å². The van der Waals surface area contributed by atoms with Crippen molar-refractivity contribution in [1.82, 2.24) is 0 Å². The Labute approximate surface area is 373 Å². The normalized spacial score (nSPS) is 40.2. The molecular weight excluding hydrogens is 896 g/mol. The summed E-state index contributed by atoms with van der Waals surface area (Å²) >= 11 is 0. The molecule has 6 fully saturated rings. The average molecular weight is 949 g/mol. The first-order valence-corrected chi connectivity index (χ1v) is 20.9. The second-order valence-electron chi connectivity index (χ2n) is 18.0. The minimum atomic E-state index is -2.39. The van der Waals surface area contributed by atoms with E-state index in [0.717, 1.165) is 13.3 Å². The van der Waals surface area contributed by atoms with Gasteiger partial charge in [-0.2, -0.15) is 0 Å². The Morgan fingerprint density at radius 3 is 1.64 bits per heavy atom. The quantitative estimate of drug-likeness (QED) is 0.0542. The van der Waals surface area contributed by atoms with Gasteiger partial charge in [-0.15, -0.1) is 0 Å². The van der Waals surface area contributed by atoms with Crippen LogP contribution in [0.4, 0.5) is 28.8 Å². The molecule has 4 aliphatic carbocycles. The molecule has 2 bridgehead atoms. The number of esters is 1. The molecule has 368 valence electrons. The molecule has 2 heterocycles. The smallest absolute Gasteiger partial charge is 0.481 e. The van der Waals surface area contributed by atoms with Crippen molar-refractivity contribution in [3.63, 3.8) is 0 Å². The van der Waals surface area contributed by atoms with Crippen molar-refractivity contribution in [2.45, 2.75) is 146 Å². The maximum atomic E-state index is 12.7. The molecule has 0 aromatic rings. The number of carboxylic acid groups (broad SMARTS) is 7. The summed E-state index contributed by atoms with van der Waals surface area (Å²) in [6.45, 7) is 7.27. The number of carbonyl (C=O) groups excluding carboxylic acids is 1. The molecule has 16 atom stereocenters. The fourth-order valence-electron chi connectivity index (χ4n) is 12.1. The lowest BCUT2D eigenvalue weighted by Crippen LogP contribution is -2.68. The number of hydrogen-bond donors (Lipinski definition) is 7. The molecule has 26 heteroatoms. The minimum absolute atomic E-state index is 0.0166. The zero-order valence-electron chi connectivity index (χ0n) is 35.8. The maximum Gasteiger partial charge on any atom is 0.506 e. The topological polar surface area (TPSA) is 380 Å². The van der Waals surface area contributed by atoms with Crippen molar-refractivity contribution >= 4 is 48.9 Å². The van der Waals surface area contributed by atoms with E-state index in [1.54, 1.807) is 6.92 Å². The van der Waals surface area contributed by atoms with Crippen LogP contribution in [0.5, 0.6) is 0 Å². The molecule has 26 nitrogen and oxygen atoms in total. The Hall–Kier alpha value is -5.86. The molecule has 2 aliphatic heterocycles. The van der Waals surface area contributed by atoms with Crippen molar-refractivity contribution in [3.05, 3.63) is 12.2 Å². The van der Waals surface area contributed by atoms with E-state index in [0.29, 0.717) is 44.1 Å². The van der Waals surface area contributed by atoms with Gasteiger partial charge in [0.05, 0.1) is 11.0 Å². The van der Waals surface area contributed by atoms with E-state index in [1.165, 1.54) is 0 Å². The van der Waals surface area contributed by atoms with Gasteiger partial charge in [0.25, 0.3) is 0 Å². The predicted octanol–water partition coefficient (Wildman–Crippen LogP) is 4.59. The van der Waals surface area contributed by atoms with E-state index in [1.807, 2.05) is 0 Å². The summed E-state index contributed by atoms with van der Waals surface area (Å²) in [5.74, 6) is -2.01. The number of aliphatic carboxylic acids is 1. The van der Waals surface area contributed by atoms with Crippen LogP contribution in [0.15, 0.2) is 12.2 Å². The van der Waals surface area contributed by atoms with E-state index < -0.39 is 145 Å². The van der Waals surface area contributed by atoms with Gasteiger partial charge in [-0.05, 0) is 86.5 Å². The molecule has 3 unspecified atom stereocenters. The summed E-state index contributed by atoms with van der Waals surface area (Å²) < 4.78 is 59.5. The van der Waals surface area contributed by atoms with E-state index in [9.17, 15) is 74.1 Å². The van der Waals surface area contributed by atoms with Gasteiger partial charge >= 0.3 is 48.9 Å². The predicted molar refractivity (Wildman–Crippen MR) is 205 cm³/mol. The second kappa shape index (κ2) is 18.8. The first-order chi connectivity index (χ1) is 30.8. The summed E-state index contributed by atoms with van der Waals surface area (Å²) in [5.41, 5.74) is -2.70. The molecule has 0 amide bonds. The van der Waals surface area contributed by atoms with Crippen molar-refractivity contribution < 1.29 is 126 Å². The number of carbonyl (C=O) groups is 8. The minimum Gasteiger partial charge on any atom is -0.481 e. The molecule has 4 saturated carbocycles. The third-order valence-electron chi connectivity index (χ3n) is 14.4. The van der Waals surface area contributed by atoms with Gasteiger partial charge in [0.2, 0.25) is 0 Å². The Morgan fingerprint density at radius 1 is 0.606 bits per heavy atom. The van der Waals surface area contributed by atoms with Crippen LogP contribution in [0.1, 0.15) is 78.6 Å². The Bertz CT molecular complexity index is 1960. The van der Waals surface area contributed by atoms with Crippen LogP contribution in [-0.4, -0.2) is 165 Å². The fourth-order valence-corrected chi connectivity index (χ4v) is 12.1. The van der Waals surface area contributed by atoms with Crippen LogP contribution in [0.2, 0.25) is 0 Å². The van der Waals surface area contributed by atoms with Crippen molar-refractivity contribution in [2.24, 2.45) is 28.1 Å². The summed E-state index contributed by atoms with van der Waals surface area (Å²) in [4.78, 5) is 96.8. The molecular formula is C40H52O26. The lowest BCUT2D eigenvalue weighted by molar-refractivity contribution is -0.377. The van der Waals surface area contributed by atoms with Gasteiger partial charge in [0, 0.05) is 6.92 Å². The van der Waals surface area contributed by atoms with E-state index >= 15 is 0 Å². The zero-order chi connectivity index (χ0) is 48.7. The number of carboxylic acids is 1. The van der Waals surface area contributed by atoms with Crippen LogP contribution in [0.3, 0.4) is 0 Å². The molecule has 1 spiro atoms. The van der Waals surface area contributed by atoms with Crippen LogP contribution < -0.4 is 0 Å². The van der Waals surface area contributed by atoms with Crippen LogP contribution in [-0.2, 0) is 61.7 Å². The van der Waals surface area contributed by atoms with Crippen molar-refractivity contribution in [1.29, 1.82) is 0 Å². The molecule has 7 N–H and O–H groups in total. The molecule has 2 saturated heterocycles. The van der Waals surface area contributed by atoms with Crippen molar-refractivity contribution in [2.75, 3.05) is 13.2 Å². The summed E-state index contributed by atoms with van der Waals surface area (Å²) in [6, 6.07) is 0. The molecule has 0 aromatic carbocycles. The van der Waals surface area contributed by atoms with Crippen LogP contribution in [0, 0.1) is 28.1 Å². The second-order valence-corrected chi connectivity index (χ2v) is 18.0. The van der Waals surface area contributed by atoms with Gasteiger partial charge in [-0.3, -0.25) is 9.59 Å². The highest BCUT2D eigenvalue weighted by Gasteiger charge is 2.69. The summed E-state index contributed by atoms with van der Waals surface area (Å²) in [5, 5.41) is 68.7. The van der Waals surface area contributed by atoms with E-state index in [2.05, 4.69) is 13.5 Å². The lowest BCUT2D eigenvalue weighted by Gasteiger charge is -2.64. The molecule has 6 aliphatic rings. The molecule has 6 rings (SSSR count). The summed E-state index contributed by atoms with van der Waals surface area (Å²) in [6.07, 6.45) is -29.6. The van der Waals surface area contributed by atoms with Gasteiger partial charge in [-0.1, -0.05) is 19.9 Å². The highest BCUT2D eigenvalue weighted by molar-refractivity contribution is 5.75. The first-order valence-electron chi connectivity index (χ1n) is 20.9. The number of fused-ring (bicyclic) bond motifs is 3. The number of ether oxygens (including phenoxy) is 11. The number of rotatable bonds is 14. The zero-order valence-corrected chi connectivity index (χ0v) is 35.8. The maximum absolute atomic E-state index is 12.7. The van der Waals surface area contributed by atoms with E-state index in [-0.39, 0.29) is 24.7 Å². The molecule has 0 radical (unpaired) electrons. The lowest BCUT2D eigenvalue weighted by atomic mass is 9.41. The summed E-state index contributed by atoms with van der Waals surface area (Å²) in [7, 11) is 0. The van der Waals surface area contributed by atoms with Crippen LogP contribution in [0.25, 0.3) is 0 Å². The Balaban J connectivity index is 1.44. The van der Waals surface area contributed by atoms with E-state index in [4.69, 9.17) is 52.1 Å². The standard InChI is InChI=1S/C40H52O26/c1-16-12-39-10-6-20-37(3,8-5-9-38(20,4)30(42)43)21(39)7-11-40(16,15-39)66-29-27(25(64-35(52)53)23(62-33(48)49)19(59-29)14-57-31(44)45)60-28-26(65-36(54)55)24(63-34(50)51)22(61-32(46)47)18(58-28)13-56-17(2)41/h18-29H,1,5-15H2,2-4H3,(H,42,43)(H,44,45)(H,46,47)(H,48,49)(H,50,51)(H,52,53)(H,54,55)/t18-,19-,20?,21?,22-,23-,24+,25+,26-,27-,28?,29+,37-,38-,39-,40+/m1/s1. The highest BCUT2D eigenvalue weighted by atomic mass is 16.8. The third kappa shape index (κ3) is 9.67. The monoisotopic (exact) mass is 948 g/mol. The Morgan fingerprint density at radius 2 is 1.11 bits per heavy atom. The highest BCUT2D eigenvalue weighted by Crippen LogP contribution is 2.73. The van der Waals surface area contributed by atoms with Gasteiger partial charge < -0.3 is 87.9 Å². The number of hydrogen-bond acceptors (Lipinski definition) is 19. The first kappa shape index (κ1) is 49.6. The molecule has 66 heavy (non-hydrogen) atoms. The van der Waals surface area contributed by atoms with Gasteiger partial charge in [0.15, 0.2) is 49.2 Å². The van der Waals surface area contributed by atoms with Gasteiger partial charge in [0.1, 0.15) is 25.4 Å². The third-order valence-corrected chi connectivity index (χ3v) is 14.4. The van der Waals surface area contributed by atoms with Crippen LogP contribution >= 0.6 is 0 Å². The fraction of sp³-hybridized carbons (Fsp3) is 0.750. The SMILES string of the molecule is C=C1C[C@@]23CCC4[C@@](C)(CCC[C@@]4(C)C(=O)O)C2CC[C@]1(O[C@@H]1O[C@H](COC(=O)O)[C@@H](OC(=O)O)[C@H](OC(=O)O)[C@H]1OC1O[C@H](COC(C)=O)[C@@H](OC(=O)O)[C@H](OC(=O)O)[C@H]1OC(=O)O)C3.